The number of hydrogen-bond donors (Lipinski definition) is 2. The first-order valence-electron chi connectivity index (χ1n) is 7.41. The third-order valence-corrected chi connectivity index (χ3v) is 3.64. The molecule has 0 bridgehead atoms. The third kappa shape index (κ3) is 4.71. The molecule has 0 fully saturated rings. The Morgan fingerprint density at radius 2 is 1.88 bits per heavy atom. The Bertz CT molecular complexity index is 729. The van der Waals surface area contributed by atoms with Gasteiger partial charge in [-0.3, -0.25) is 4.79 Å². The maximum absolute atomic E-state index is 12.9. The molecule has 0 aliphatic rings. The van der Waals surface area contributed by atoms with Gasteiger partial charge in [0.05, 0.1) is 5.56 Å². The van der Waals surface area contributed by atoms with E-state index in [4.69, 9.17) is 5.73 Å². The zero-order chi connectivity index (χ0) is 17.7. The number of nitrogens with two attached hydrogens (primary N) is 1. The average molecular weight is 337 g/mol. The molecule has 0 atom stereocenters. The van der Waals surface area contributed by atoms with Gasteiger partial charge in [0.25, 0.3) is 0 Å². The highest BCUT2D eigenvalue weighted by Gasteiger charge is 2.32. The van der Waals surface area contributed by atoms with Crippen LogP contribution in [-0.2, 0) is 23.9 Å². The molecule has 0 saturated heterocycles. The lowest BCUT2D eigenvalue weighted by Gasteiger charge is -2.12. The molecule has 3 N–H and O–H groups in total. The van der Waals surface area contributed by atoms with Gasteiger partial charge in [0.2, 0.25) is 5.91 Å². The minimum Gasteiger partial charge on any atom is -0.384 e. The van der Waals surface area contributed by atoms with Gasteiger partial charge < -0.3 is 11.1 Å². The lowest BCUT2D eigenvalue weighted by molar-refractivity contribution is -0.138. The van der Waals surface area contributed by atoms with E-state index in [1.807, 2.05) is 0 Å². The minimum atomic E-state index is -4.42. The molecule has 0 radical (unpaired) electrons. The van der Waals surface area contributed by atoms with Gasteiger partial charge in [-0.2, -0.15) is 13.2 Å². The van der Waals surface area contributed by atoms with Crippen molar-refractivity contribution in [1.29, 1.82) is 0 Å². The summed E-state index contributed by atoms with van der Waals surface area (Å²) in [6.45, 7) is 2.04. The number of anilines is 1. The second-order valence-corrected chi connectivity index (χ2v) is 5.41. The van der Waals surface area contributed by atoms with Gasteiger partial charge in [-0.1, -0.05) is 24.3 Å². The monoisotopic (exact) mass is 337 g/mol. The highest BCUT2D eigenvalue weighted by atomic mass is 19.4. The van der Waals surface area contributed by atoms with Gasteiger partial charge in [0.15, 0.2) is 0 Å². The zero-order valence-corrected chi connectivity index (χ0v) is 13.2. The van der Waals surface area contributed by atoms with Crippen LogP contribution in [-0.4, -0.2) is 10.9 Å². The van der Waals surface area contributed by atoms with Gasteiger partial charge in [0, 0.05) is 18.7 Å². The number of hydrogen-bond acceptors (Lipinski definition) is 3. The van der Waals surface area contributed by atoms with Crippen LogP contribution < -0.4 is 11.1 Å². The van der Waals surface area contributed by atoms with Crippen molar-refractivity contribution in [3.8, 4) is 0 Å². The van der Waals surface area contributed by atoms with Crippen LogP contribution in [0.15, 0.2) is 36.4 Å². The first-order chi connectivity index (χ1) is 11.3. The van der Waals surface area contributed by atoms with Crippen molar-refractivity contribution < 1.29 is 18.0 Å². The molecular weight excluding hydrogens is 319 g/mol. The summed E-state index contributed by atoms with van der Waals surface area (Å²) >= 11 is 0. The van der Waals surface area contributed by atoms with Crippen LogP contribution in [0.3, 0.4) is 0 Å². The lowest BCUT2D eigenvalue weighted by atomic mass is 10.0. The smallest absolute Gasteiger partial charge is 0.384 e. The molecule has 0 saturated carbocycles. The Hall–Kier alpha value is -2.57. The number of halogens is 3. The largest absolute Gasteiger partial charge is 0.416 e. The molecule has 1 amide bonds. The van der Waals surface area contributed by atoms with Crippen LogP contribution >= 0.6 is 0 Å². The second kappa shape index (κ2) is 7.33. The number of amides is 1. The zero-order valence-electron chi connectivity index (χ0n) is 13.2. The van der Waals surface area contributed by atoms with E-state index in [-0.39, 0.29) is 30.9 Å². The van der Waals surface area contributed by atoms with E-state index in [1.54, 1.807) is 19.1 Å². The number of rotatable bonds is 5. The first kappa shape index (κ1) is 17.8. The summed E-state index contributed by atoms with van der Waals surface area (Å²) in [4.78, 5) is 16.0. The maximum Gasteiger partial charge on any atom is 0.416 e. The highest BCUT2D eigenvalue weighted by Crippen LogP contribution is 2.32. The van der Waals surface area contributed by atoms with E-state index in [0.717, 1.165) is 11.6 Å². The Morgan fingerprint density at radius 1 is 1.17 bits per heavy atom. The number of aromatic nitrogens is 1. The first-order valence-corrected chi connectivity index (χ1v) is 7.41. The Balaban J connectivity index is 1.92. The van der Waals surface area contributed by atoms with Gasteiger partial charge in [-0.25, -0.2) is 4.98 Å². The normalized spacial score (nSPS) is 11.3. The molecule has 0 aliphatic heterocycles. The summed E-state index contributed by atoms with van der Waals surface area (Å²) < 4.78 is 38.7. The van der Waals surface area contributed by atoms with Crippen molar-refractivity contribution in [3.05, 3.63) is 58.8 Å². The van der Waals surface area contributed by atoms with E-state index in [9.17, 15) is 18.0 Å². The van der Waals surface area contributed by atoms with Crippen LogP contribution in [0.1, 0.15) is 28.8 Å². The molecule has 24 heavy (non-hydrogen) atoms. The van der Waals surface area contributed by atoms with Crippen LogP contribution in [0.4, 0.5) is 19.0 Å². The number of carbonyl (C=O) groups excluding carboxylic acids is 1. The van der Waals surface area contributed by atoms with Crippen LogP contribution in [0.5, 0.6) is 0 Å². The van der Waals surface area contributed by atoms with Gasteiger partial charge in [-0.15, -0.1) is 0 Å². The Morgan fingerprint density at radius 3 is 2.54 bits per heavy atom. The number of alkyl halides is 3. The fourth-order valence-electron chi connectivity index (χ4n) is 2.34. The van der Waals surface area contributed by atoms with Gasteiger partial charge >= 0.3 is 6.18 Å². The molecule has 2 aromatic rings. The van der Waals surface area contributed by atoms with E-state index in [1.165, 1.54) is 18.2 Å². The average Bonchev–Trinajstić information content (AvgIpc) is 2.51. The van der Waals surface area contributed by atoms with Crippen molar-refractivity contribution in [3.63, 3.8) is 0 Å². The Labute approximate surface area is 137 Å². The Kier molecular flexibility index (Phi) is 5.43. The number of benzene rings is 1. The summed E-state index contributed by atoms with van der Waals surface area (Å²) in [5.74, 6) is 0.0783. The van der Waals surface area contributed by atoms with E-state index >= 15 is 0 Å². The summed E-state index contributed by atoms with van der Waals surface area (Å²) in [6, 6.07) is 8.68. The van der Waals surface area contributed by atoms with Gasteiger partial charge in [0.1, 0.15) is 5.82 Å². The molecule has 1 aromatic carbocycles. The van der Waals surface area contributed by atoms with E-state index in [0.29, 0.717) is 11.5 Å². The summed E-state index contributed by atoms with van der Waals surface area (Å²) in [7, 11) is 0. The molecule has 1 aromatic heterocycles. The molecule has 0 unspecified atom stereocenters. The number of pyridine rings is 1. The number of nitrogen functional groups attached to an aromatic ring is 1. The molecule has 2 rings (SSSR count). The predicted molar refractivity (Wildman–Crippen MR) is 85.0 cm³/mol. The van der Waals surface area contributed by atoms with E-state index < -0.39 is 11.7 Å². The van der Waals surface area contributed by atoms with Crippen molar-refractivity contribution in [2.75, 3.05) is 5.73 Å². The van der Waals surface area contributed by atoms with Crippen molar-refractivity contribution in [2.24, 2.45) is 0 Å². The maximum atomic E-state index is 12.9. The van der Waals surface area contributed by atoms with Crippen molar-refractivity contribution in [2.45, 2.75) is 32.5 Å². The summed E-state index contributed by atoms with van der Waals surface area (Å²) in [5, 5.41) is 2.69. The van der Waals surface area contributed by atoms with E-state index in [2.05, 4.69) is 10.3 Å². The summed E-state index contributed by atoms with van der Waals surface area (Å²) in [6.07, 6.45) is -4.41. The third-order valence-electron chi connectivity index (χ3n) is 3.64. The minimum absolute atomic E-state index is 0.0193. The summed E-state index contributed by atoms with van der Waals surface area (Å²) in [5.41, 5.74) is 6.49. The molecule has 1 heterocycles. The molecule has 4 nitrogen and oxygen atoms in total. The fraction of sp³-hybridized carbons (Fsp3) is 0.294. The predicted octanol–water partition coefficient (Wildman–Crippen LogP) is 3.24. The fourth-order valence-corrected chi connectivity index (χ4v) is 2.34. The molecule has 0 aliphatic carbocycles. The highest BCUT2D eigenvalue weighted by molar-refractivity contribution is 5.76. The van der Waals surface area contributed by atoms with Crippen molar-refractivity contribution in [1.82, 2.24) is 10.3 Å². The molecule has 7 heteroatoms. The quantitative estimate of drug-likeness (QED) is 0.880. The second-order valence-electron chi connectivity index (χ2n) is 5.41. The SMILES string of the molecule is Cc1nc(N)ccc1CNC(=O)CCc1ccccc1C(F)(F)F. The van der Waals surface area contributed by atoms with Crippen LogP contribution in [0, 0.1) is 6.92 Å². The van der Waals surface area contributed by atoms with Gasteiger partial charge in [-0.05, 0) is 36.6 Å². The molecule has 128 valence electrons. The standard InChI is InChI=1S/C17H18F3N3O/c1-11-13(6-8-15(21)23-11)10-22-16(24)9-7-12-4-2-3-5-14(12)17(18,19)20/h2-6,8H,7,9-10H2,1H3,(H2,21,23)(H,22,24). The topological polar surface area (TPSA) is 68.0 Å². The number of aryl methyl sites for hydroxylation is 2. The number of nitrogens with zero attached hydrogens (tertiary/aromatic N) is 1. The van der Waals surface area contributed by atoms with Crippen molar-refractivity contribution >= 4 is 11.7 Å². The van der Waals surface area contributed by atoms with Crippen LogP contribution in [0.2, 0.25) is 0 Å². The number of carbonyl (C=O) groups is 1. The molecular formula is C17H18F3N3O. The number of nitrogens with one attached hydrogen (secondary N) is 1. The lowest BCUT2D eigenvalue weighted by Crippen LogP contribution is -2.24. The molecule has 0 spiro atoms. The van der Waals surface area contributed by atoms with Crippen LogP contribution in [0.25, 0.3) is 0 Å².